The molecule has 0 aliphatic rings. The van der Waals surface area contributed by atoms with E-state index in [1.165, 1.54) is 0 Å². The van der Waals surface area contributed by atoms with Crippen LogP contribution in [0, 0.1) is 0 Å². The average molecular weight is 464 g/mol. The lowest BCUT2D eigenvalue weighted by Crippen LogP contribution is -2.23. The van der Waals surface area contributed by atoms with Crippen molar-refractivity contribution in [2.24, 2.45) is 10.7 Å². The third-order valence-electron chi connectivity index (χ3n) is 3.61. The van der Waals surface area contributed by atoms with Crippen molar-refractivity contribution in [1.82, 2.24) is 5.16 Å². The predicted octanol–water partition coefficient (Wildman–Crippen LogP) is 4.03. The number of anilines is 1. The molecule has 0 saturated carbocycles. The topological polar surface area (TPSA) is 85.7 Å². The van der Waals surface area contributed by atoms with Crippen LogP contribution in [0.25, 0.3) is 11.3 Å². The van der Waals surface area contributed by atoms with E-state index in [1.54, 1.807) is 7.11 Å². The Bertz CT molecular complexity index is 850. The molecule has 0 amide bonds. The average Bonchev–Trinajstić information content (AvgIpc) is 3.12. The van der Waals surface area contributed by atoms with Crippen molar-refractivity contribution < 1.29 is 9.26 Å². The molecule has 3 rings (SSSR count). The first-order valence-corrected chi connectivity index (χ1v) is 7.91. The molecule has 7 heteroatoms. The zero-order valence-electron chi connectivity index (χ0n) is 14.4. The lowest BCUT2D eigenvalue weighted by atomic mass is 10.2. The SMILES string of the molecule is COCc1ccccc1NC(N)=NCc1cc(-c2ccccc2)on1.I. The summed E-state index contributed by atoms with van der Waals surface area (Å²) in [5.74, 6) is 1.02. The second-order valence-electron chi connectivity index (χ2n) is 5.47. The lowest BCUT2D eigenvalue weighted by molar-refractivity contribution is 0.185. The minimum atomic E-state index is 0. The Hall–Kier alpha value is -2.39. The molecule has 0 aliphatic heterocycles. The number of rotatable bonds is 6. The third kappa shape index (κ3) is 5.30. The Morgan fingerprint density at radius 1 is 1.15 bits per heavy atom. The number of hydrogen-bond donors (Lipinski definition) is 2. The summed E-state index contributed by atoms with van der Waals surface area (Å²) in [6.07, 6.45) is 0. The van der Waals surface area contributed by atoms with Crippen LogP contribution in [0.15, 0.2) is 70.2 Å². The van der Waals surface area contributed by atoms with Crippen molar-refractivity contribution in [1.29, 1.82) is 0 Å². The molecule has 0 fully saturated rings. The Balaban J connectivity index is 0.00000243. The van der Waals surface area contributed by atoms with Gasteiger partial charge in [-0.1, -0.05) is 53.7 Å². The molecule has 0 radical (unpaired) electrons. The van der Waals surface area contributed by atoms with E-state index in [2.05, 4.69) is 15.5 Å². The molecule has 0 saturated heterocycles. The number of guanidine groups is 1. The molecule has 6 nitrogen and oxygen atoms in total. The summed E-state index contributed by atoms with van der Waals surface area (Å²) in [6, 6.07) is 19.5. The largest absolute Gasteiger partial charge is 0.380 e. The van der Waals surface area contributed by atoms with Crippen molar-refractivity contribution in [3.63, 3.8) is 0 Å². The molecule has 26 heavy (non-hydrogen) atoms. The molecule has 3 N–H and O–H groups in total. The number of methoxy groups -OCH3 is 1. The van der Waals surface area contributed by atoms with Gasteiger partial charge in [0, 0.05) is 30.0 Å². The number of aromatic nitrogens is 1. The summed E-state index contributed by atoms with van der Waals surface area (Å²) in [4.78, 5) is 4.32. The molecule has 1 heterocycles. The molecule has 136 valence electrons. The number of halogens is 1. The highest BCUT2D eigenvalue weighted by atomic mass is 127. The van der Waals surface area contributed by atoms with Crippen molar-refractivity contribution in [2.45, 2.75) is 13.2 Å². The van der Waals surface area contributed by atoms with E-state index in [9.17, 15) is 0 Å². The predicted molar refractivity (Wildman–Crippen MR) is 113 cm³/mol. The fraction of sp³-hybridized carbons (Fsp3) is 0.158. The van der Waals surface area contributed by atoms with Crippen LogP contribution < -0.4 is 11.1 Å². The highest BCUT2D eigenvalue weighted by Crippen LogP contribution is 2.20. The van der Waals surface area contributed by atoms with Crippen molar-refractivity contribution in [3.05, 3.63) is 71.9 Å². The monoisotopic (exact) mass is 464 g/mol. The first-order valence-electron chi connectivity index (χ1n) is 7.91. The number of aliphatic imine (C=N–C) groups is 1. The van der Waals surface area contributed by atoms with Gasteiger partial charge >= 0.3 is 0 Å². The van der Waals surface area contributed by atoms with Crippen LogP contribution in [0.4, 0.5) is 5.69 Å². The second-order valence-corrected chi connectivity index (χ2v) is 5.47. The van der Waals surface area contributed by atoms with Crippen LogP contribution >= 0.6 is 24.0 Å². The van der Waals surface area contributed by atoms with Crippen LogP contribution in [0.1, 0.15) is 11.3 Å². The van der Waals surface area contributed by atoms with E-state index < -0.39 is 0 Å². The molecule has 0 bridgehead atoms. The normalized spacial score (nSPS) is 11.0. The van der Waals surface area contributed by atoms with Gasteiger partial charge in [-0.2, -0.15) is 0 Å². The van der Waals surface area contributed by atoms with Gasteiger partial charge in [-0.3, -0.25) is 0 Å². The number of para-hydroxylation sites is 1. The minimum Gasteiger partial charge on any atom is -0.380 e. The van der Waals surface area contributed by atoms with Gasteiger partial charge in [0.25, 0.3) is 0 Å². The van der Waals surface area contributed by atoms with Crippen molar-refractivity contribution in [2.75, 3.05) is 12.4 Å². The Morgan fingerprint density at radius 3 is 2.65 bits per heavy atom. The number of hydrogen-bond acceptors (Lipinski definition) is 4. The van der Waals surface area contributed by atoms with Gasteiger partial charge in [0.2, 0.25) is 0 Å². The van der Waals surface area contributed by atoms with Gasteiger partial charge in [0.05, 0.1) is 13.2 Å². The zero-order valence-corrected chi connectivity index (χ0v) is 16.7. The van der Waals surface area contributed by atoms with Gasteiger partial charge in [0.1, 0.15) is 5.69 Å². The van der Waals surface area contributed by atoms with E-state index in [1.807, 2.05) is 60.7 Å². The van der Waals surface area contributed by atoms with E-state index in [4.69, 9.17) is 15.0 Å². The second kappa shape index (κ2) is 9.93. The number of benzene rings is 2. The minimum absolute atomic E-state index is 0. The van der Waals surface area contributed by atoms with Crippen molar-refractivity contribution in [3.8, 4) is 11.3 Å². The standard InChI is InChI=1S/C19H20N4O2.HI/c1-24-13-15-9-5-6-10-17(15)22-19(20)21-12-16-11-18(25-23-16)14-7-3-2-4-8-14;/h2-11H,12-13H2,1H3,(H3,20,21,22);1H. The maximum absolute atomic E-state index is 5.98. The fourth-order valence-electron chi connectivity index (χ4n) is 2.39. The van der Waals surface area contributed by atoms with Gasteiger partial charge in [0.15, 0.2) is 11.7 Å². The molecule has 2 aromatic carbocycles. The summed E-state index contributed by atoms with van der Waals surface area (Å²) in [5.41, 5.74) is 9.55. The van der Waals surface area contributed by atoms with Crippen LogP contribution in [0.2, 0.25) is 0 Å². The quantitative estimate of drug-likeness (QED) is 0.327. The Labute approximate surface area is 169 Å². The van der Waals surface area contributed by atoms with Crippen LogP contribution in [0.5, 0.6) is 0 Å². The van der Waals surface area contributed by atoms with Gasteiger partial charge in [-0.25, -0.2) is 4.99 Å². The molecule has 1 aromatic heterocycles. The lowest BCUT2D eigenvalue weighted by Gasteiger charge is -2.10. The summed E-state index contributed by atoms with van der Waals surface area (Å²) >= 11 is 0. The van der Waals surface area contributed by atoms with Crippen molar-refractivity contribution >= 4 is 35.6 Å². The smallest absolute Gasteiger partial charge is 0.193 e. The fourth-order valence-corrected chi connectivity index (χ4v) is 2.39. The summed E-state index contributed by atoms with van der Waals surface area (Å²) in [6.45, 7) is 0.835. The van der Waals surface area contributed by atoms with Crippen LogP contribution in [-0.2, 0) is 17.9 Å². The van der Waals surface area contributed by atoms with Gasteiger partial charge in [-0.05, 0) is 6.07 Å². The molecule has 3 aromatic rings. The summed E-state index contributed by atoms with van der Waals surface area (Å²) < 4.78 is 10.5. The highest BCUT2D eigenvalue weighted by molar-refractivity contribution is 14.0. The van der Waals surface area contributed by atoms with E-state index in [0.29, 0.717) is 30.6 Å². The number of nitrogens with two attached hydrogens (primary N) is 1. The maximum Gasteiger partial charge on any atom is 0.193 e. The van der Waals surface area contributed by atoms with Gasteiger partial charge in [-0.15, -0.1) is 24.0 Å². The van der Waals surface area contributed by atoms with E-state index >= 15 is 0 Å². The van der Waals surface area contributed by atoms with E-state index in [-0.39, 0.29) is 24.0 Å². The first kappa shape index (κ1) is 19.9. The number of ether oxygens (including phenoxy) is 1. The first-order chi connectivity index (χ1) is 12.3. The Morgan fingerprint density at radius 2 is 1.88 bits per heavy atom. The number of nitrogens with one attached hydrogen (secondary N) is 1. The zero-order chi connectivity index (χ0) is 17.5. The Kier molecular flexibility index (Phi) is 7.61. The molecule has 0 atom stereocenters. The number of nitrogens with zero attached hydrogens (tertiary/aromatic N) is 2. The summed E-state index contributed by atoms with van der Waals surface area (Å²) in [7, 11) is 1.66. The molecule has 0 aliphatic carbocycles. The third-order valence-corrected chi connectivity index (χ3v) is 3.61. The molecule has 0 unspecified atom stereocenters. The summed E-state index contributed by atoms with van der Waals surface area (Å²) in [5, 5.41) is 7.13. The van der Waals surface area contributed by atoms with Gasteiger partial charge < -0.3 is 20.3 Å². The van der Waals surface area contributed by atoms with Crippen LogP contribution in [0.3, 0.4) is 0 Å². The highest BCUT2D eigenvalue weighted by Gasteiger charge is 2.06. The van der Waals surface area contributed by atoms with Crippen LogP contribution in [-0.4, -0.2) is 18.2 Å². The molecular formula is C19H21IN4O2. The molecular weight excluding hydrogens is 443 g/mol. The molecule has 0 spiro atoms. The van der Waals surface area contributed by atoms with E-state index in [0.717, 1.165) is 16.8 Å². The maximum atomic E-state index is 5.98.